The summed E-state index contributed by atoms with van der Waals surface area (Å²) in [5.41, 5.74) is 18.4. The lowest BCUT2D eigenvalue weighted by Gasteiger charge is -2.40. The molecule has 0 radical (unpaired) electrons. The standard InChI is InChI=1S/C65H55NO/c1-4-19-44(20-5-1)47-35-40-64-61(42-47)65(59-32-15-17-34-63(59)67-64)58-31-14-12-30-56(58)57-37-36-50(43-60(57)65)66(62-33-16-13-27-53(62)46-23-8-3-9-24-46)49-26-18-25-48(41-49)52-39-38-51(45-21-6-2-7-22-45)54-28-10-11-29-55(52)54/h1,4-5,10-20,25-43,45-46H,2-3,6-9,21-24H2. The van der Waals surface area contributed by atoms with Gasteiger partial charge >= 0.3 is 0 Å². The number of nitrogens with zero attached hydrogens (tertiary/aromatic N) is 1. The second kappa shape index (κ2) is 16.6. The largest absolute Gasteiger partial charge is 0.457 e. The van der Waals surface area contributed by atoms with Crippen molar-refractivity contribution in [3.05, 3.63) is 234 Å². The highest BCUT2D eigenvalue weighted by atomic mass is 16.5. The zero-order chi connectivity index (χ0) is 44.3. The van der Waals surface area contributed by atoms with Crippen LogP contribution in [-0.4, -0.2) is 0 Å². The van der Waals surface area contributed by atoms with E-state index in [4.69, 9.17) is 4.74 Å². The van der Waals surface area contributed by atoms with Crippen molar-refractivity contribution in [2.45, 2.75) is 81.5 Å². The first-order valence-corrected chi connectivity index (χ1v) is 25.0. The normalized spacial score (nSPS) is 17.6. The van der Waals surface area contributed by atoms with Gasteiger partial charge in [-0.2, -0.15) is 0 Å². The van der Waals surface area contributed by atoms with Crippen LogP contribution in [-0.2, 0) is 5.41 Å². The lowest BCUT2D eigenvalue weighted by Crippen LogP contribution is -2.32. The Morgan fingerprint density at radius 1 is 0.358 bits per heavy atom. The van der Waals surface area contributed by atoms with Gasteiger partial charge in [-0.1, -0.05) is 190 Å². The Kier molecular flexibility index (Phi) is 9.96. The van der Waals surface area contributed by atoms with Gasteiger partial charge in [0.1, 0.15) is 11.5 Å². The van der Waals surface area contributed by atoms with Gasteiger partial charge in [0.25, 0.3) is 0 Å². The maximum absolute atomic E-state index is 6.90. The average Bonchev–Trinajstić information content (AvgIpc) is 3.69. The van der Waals surface area contributed by atoms with Crippen LogP contribution >= 0.6 is 0 Å². The molecule has 0 saturated heterocycles. The van der Waals surface area contributed by atoms with Gasteiger partial charge in [0.15, 0.2) is 0 Å². The van der Waals surface area contributed by atoms with Crippen molar-refractivity contribution < 1.29 is 4.74 Å². The summed E-state index contributed by atoms with van der Waals surface area (Å²) >= 11 is 0. The van der Waals surface area contributed by atoms with Crippen molar-refractivity contribution in [3.8, 4) is 44.9 Å². The third kappa shape index (κ3) is 6.59. The van der Waals surface area contributed by atoms with Crippen molar-refractivity contribution in [2.75, 3.05) is 4.90 Å². The van der Waals surface area contributed by atoms with Crippen LogP contribution in [0.3, 0.4) is 0 Å². The van der Waals surface area contributed by atoms with Crippen LogP contribution in [0.1, 0.15) is 109 Å². The van der Waals surface area contributed by atoms with E-state index in [1.54, 1.807) is 0 Å². The molecule has 2 heteroatoms. The zero-order valence-electron chi connectivity index (χ0n) is 38.1. The van der Waals surface area contributed by atoms with Crippen molar-refractivity contribution in [1.29, 1.82) is 0 Å². The number of anilines is 3. The molecule has 0 bridgehead atoms. The summed E-state index contributed by atoms with van der Waals surface area (Å²) in [5, 5.41) is 2.76. The molecule has 1 aliphatic heterocycles. The molecular formula is C65H55NO. The minimum absolute atomic E-state index is 0.516. The van der Waals surface area contributed by atoms with Gasteiger partial charge in [0.2, 0.25) is 0 Å². The van der Waals surface area contributed by atoms with Gasteiger partial charge in [-0.15, -0.1) is 0 Å². The Bertz CT molecular complexity index is 3320. The number of hydrogen-bond acceptors (Lipinski definition) is 2. The predicted molar refractivity (Wildman–Crippen MR) is 279 cm³/mol. The Labute approximate surface area is 395 Å². The first-order chi connectivity index (χ1) is 33.2. The van der Waals surface area contributed by atoms with Crippen LogP contribution in [0, 0.1) is 0 Å². The summed E-state index contributed by atoms with van der Waals surface area (Å²) in [7, 11) is 0. The second-order valence-corrected chi connectivity index (χ2v) is 19.6. The van der Waals surface area contributed by atoms with Crippen LogP contribution in [0.25, 0.3) is 44.2 Å². The molecule has 0 aromatic heterocycles. The highest BCUT2D eigenvalue weighted by Crippen LogP contribution is 2.63. The molecular weight excluding hydrogens is 811 g/mol. The first kappa shape index (κ1) is 40.1. The van der Waals surface area contributed by atoms with Crippen molar-refractivity contribution in [3.63, 3.8) is 0 Å². The highest BCUT2D eigenvalue weighted by molar-refractivity contribution is 6.00. The Balaban J connectivity index is 1.04. The van der Waals surface area contributed by atoms with Gasteiger partial charge in [-0.25, -0.2) is 0 Å². The van der Waals surface area contributed by atoms with Gasteiger partial charge < -0.3 is 9.64 Å². The molecule has 67 heavy (non-hydrogen) atoms. The molecule has 0 N–H and O–H groups in total. The maximum atomic E-state index is 6.90. The SMILES string of the molecule is c1ccc(-c2ccc3c(c2)C2(c4ccccc4O3)c3ccccc3-c3ccc(N(c4cccc(-c5ccc(C6CCCCC6)c6ccccc56)c4)c4ccccc4C4CCCCC4)cc32)cc1. The highest BCUT2D eigenvalue weighted by Gasteiger charge is 2.51. The first-order valence-electron chi connectivity index (χ1n) is 25.0. The molecule has 2 nitrogen and oxygen atoms in total. The number of hydrogen-bond donors (Lipinski definition) is 0. The van der Waals surface area contributed by atoms with Gasteiger partial charge in [-0.05, 0) is 152 Å². The fourth-order valence-corrected chi connectivity index (χ4v) is 12.9. The van der Waals surface area contributed by atoms with E-state index in [-0.39, 0.29) is 0 Å². The van der Waals surface area contributed by atoms with E-state index in [1.165, 1.54) is 153 Å². The third-order valence-corrected chi connectivity index (χ3v) is 15.9. The van der Waals surface area contributed by atoms with E-state index < -0.39 is 5.41 Å². The summed E-state index contributed by atoms with van der Waals surface area (Å²) in [6, 6.07) is 75.6. The molecule has 0 amide bonds. The number of benzene rings is 9. The van der Waals surface area contributed by atoms with Crippen LogP contribution < -0.4 is 9.64 Å². The molecule has 2 saturated carbocycles. The van der Waals surface area contributed by atoms with E-state index in [1.807, 2.05) is 0 Å². The van der Waals surface area contributed by atoms with Crippen molar-refractivity contribution in [2.24, 2.45) is 0 Å². The van der Waals surface area contributed by atoms with Gasteiger partial charge in [0.05, 0.1) is 5.41 Å². The summed E-state index contributed by atoms with van der Waals surface area (Å²) in [6.07, 6.45) is 12.9. The van der Waals surface area contributed by atoms with Crippen LogP contribution in [0.2, 0.25) is 0 Å². The number of ether oxygens (including phenoxy) is 1. The summed E-state index contributed by atoms with van der Waals surface area (Å²) in [4.78, 5) is 2.59. The topological polar surface area (TPSA) is 12.5 Å². The third-order valence-electron chi connectivity index (χ3n) is 15.9. The molecule has 2 fully saturated rings. The lowest BCUT2D eigenvalue weighted by atomic mass is 9.65. The molecule has 9 aromatic rings. The Morgan fingerprint density at radius 3 is 1.82 bits per heavy atom. The summed E-state index contributed by atoms with van der Waals surface area (Å²) in [6.45, 7) is 0. The van der Waals surface area contributed by atoms with Crippen LogP contribution in [0.4, 0.5) is 17.1 Å². The molecule has 1 spiro atoms. The van der Waals surface area contributed by atoms with E-state index in [0.29, 0.717) is 11.8 Å². The van der Waals surface area contributed by atoms with Gasteiger partial charge in [-0.3, -0.25) is 0 Å². The molecule has 1 heterocycles. The smallest absolute Gasteiger partial charge is 0.132 e. The minimum Gasteiger partial charge on any atom is -0.457 e. The Hall–Kier alpha value is -7.16. The summed E-state index contributed by atoms with van der Waals surface area (Å²) in [5.74, 6) is 2.96. The van der Waals surface area contributed by atoms with Crippen molar-refractivity contribution >= 4 is 27.8 Å². The van der Waals surface area contributed by atoms with Crippen LogP contribution in [0.5, 0.6) is 11.5 Å². The van der Waals surface area contributed by atoms with Crippen molar-refractivity contribution in [1.82, 2.24) is 0 Å². The molecule has 3 aliphatic carbocycles. The fourth-order valence-electron chi connectivity index (χ4n) is 12.9. The summed E-state index contributed by atoms with van der Waals surface area (Å²) < 4.78 is 6.90. The molecule has 1 atom stereocenters. The van der Waals surface area contributed by atoms with Gasteiger partial charge in [0, 0.05) is 28.2 Å². The van der Waals surface area contributed by atoms with E-state index in [2.05, 4.69) is 205 Å². The number of para-hydroxylation sites is 2. The number of fused-ring (bicyclic) bond motifs is 10. The fraction of sp³-hybridized carbons (Fsp3) is 0.200. The molecule has 1 unspecified atom stereocenters. The quantitative estimate of drug-likeness (QED) is 0.158. The molecule has 4 aliphatic rings. The average molecular weight is 866 g/mol. The van der Waals surface area contributed by atoms with E-state index in [0.717, 1.165) is 17.2 Å². The molecule has 9 aromatic carbocycles. The van der Waals surface area contributed by atoms with E-state index >= 15 is 0 Å². The monoisotopic (exact) mass is 865 g/mol. The Morgan fingerprint density at radius 2 is 0.985 bits per heavy atom. The zero-order valence-corrected chi connectivity index (χ0v) is 38.1. The molecule has 13 rings (SSSR count). The molecule has 326 valence electrons. The number of rotatable bonds is 7. The van der Waals surface area contributed by atoms with E-state index in [9.17, 15) is 0 Å². The van der Waals surface area contributed by atoms with Crippen LogP contribution in [0.15, 0.2) is 200 Å². The minimum atomic E-state index is -0.619. The predicted octanol–water partition coefficient (Wildman–Crippen LogP) is 18.2. The maximum Gasteiger partial charge on any atom is 0.132 e. The lowest BCUT2D eigenvalue weighted by molar-refractivity contribution is 0.436. The second-order valence-electron chi connectivity index (χ2n) is 19.6.